The highest BCUT2D eigenvalue weighted by Gasteiger charge is 2.08. The number of carbonyl (C=O) groups excluding carboxylic acids is 1. The second-order valence-corrected chi connectivity index (χ2v) is 4.02. The summed E-state index contributed by atoms with van der Waals surface area (Å²) in [6, 6.07) is 3.50. The average molecular weight is 220 g/mol. The number of pyridine rings is 1. The summed E-state index contributed by atoms with van der Waals surface area (Å²) in [5, 5.41) is 0. The lowest BCUT2D eigenvalue weighted by Gasteiger charge is -2.03. The maximum absolute atomic E-state index is 11.8. The molecule has 3 nitrogen and oxygen atoms in total. The second-order valence-electron chi connectivity index (χ2n) is 4.02. The fourth-order valence-electron chi connectivity index (χ4n) is 1.68. The van der Waals surface area contributed by atoms with Gasteiger partial charge in [0, 0.05) is 12.6 Å². The molecule has 0 aliphatic heterocycles. The molecule has 1 rings (SSSR count). The first-order valence-corrected chi connectivity index (χ1v) is 5.99. The Morgan fingerprint density at radius 1 is 1.31 bits per heavy atom. The summed E-state index contributed by atoms with van der Waals surface area (Å²) in [6.45, 7) is 2.18. The van der Waals surface area contributed by atoms with Gasteiger partial charge in [-0.3, -0.25) is 4.79 Å². The van der Waals surface area contributed by atoms with E-state index in [9.17, 15) is 4.79 Å². The molecule has 1 aromatic rings. The number of anilines is 1. The molecule has 0 aliphatic carbocycles. The Hall–Kier alpha value is -1.38. The second kappa shape index (κ2) is 6.99. The van der Waals surface area contributed by atoms with Crippen molar-refractivity contribution >= 4 is 11.6 Å². The Balaban J connectivity index is 2.33. The molecule has 1 heterocycles. The van der Waals surface area contributed by atoms with E-state index in [0.29, 0.717) is 17.8 Å². The highest BCUT2D eigenvalue weighted by atomic mass is 16.1. The zero-order valence-corrected chi connectivity index (χ0v) is 9.91. The summed E-state index contributed by atoms with van der Waals surface area (Å²) >= 11 is 0. The Morgan fingerprint density at radius 3 is 2.75 bits per heavy atom. The van der Waals surface area contributed by atoms with Gasteiger partial charge >= 0.3 is 0 Å². The lowest BCUT2D eigenvalue weighted by molar-refractivity contribution is 0.0979. The van der Waals surface area contributed by atoms with Crippen LogP contribution in [0.25, 0.3) is 0 Å². The van der Waals surface area contributed by atoms with Crippen molar-refractivity contribution < 1.29 is 4.79 Å². The third-order valence-electron chi connectivity index (χ3n) is 2.65. The predicted molar refractivity (Wildman–Crippen MR) is 66.4 cm³/mol. The number of aromatic nitrogens is 1. The van der Waals surface area contributed by atoms with Gasteiger partial charge in [-0.1, -0.05) is 32.6 Å². The minimum atomic E-state index is 0.113. The van der Waals surface area contributed by atoms with Gasteiger partial charge < -0.3 is 5.73 Å². The van der Waals surface area contributed by atoms with Gasteiger partial charge in [0.25, 0.3) is 0 Å². The monoisotopic (exact) mass is 220 g/mol. The largest absolute Gasteiger partial charge is 0.383 e. The summed E-state index contributed by atoms with van der Waals surface area (Å²) in [5.41, 5.74) is 6.21. The van der Waals surface area contributed by atoms with Crippen LogP contribution in [0.4, 0.5) is 5.82 Å². The summed E-state index contributed by atoms with van der Waals surface area (Å²) in [6.07, 6.45) is 7.96. The summed E-state index contributed by atoms with van der Waals surface area (Å²) in [5.74, 6) is 0.461. The first kappa shape index (κ1) is 12.7. The number of nitrogens with zero attached hydrogens (tertiary/aromatic N) is 1. The molecule has 0 spiro atoms. The van der Waals surface area contributed by atoms with Crippen molar-refractivity contribution in [2.45, 2.75) is 45.4 Å². The van der Waals surface area contributed by atoms with Gasteiger partial charge in [-0.25, -0.2) is 4.98 Å². The van der Waals surface area contributed by atoms with Crippen LogP contribution in [0, 0.1) is 0 Å². The molecule has 0 aliphatic rings. The van der Waals surface area contributed by atoms with Crippen molar-refractivity contribution in [3.05, 3.63) is 23.9 Å². The van der Waals surface area contributed by atoms with Gasteiger partial charge in [-0.05, 0) is 18.6 Å². The normalized spacial score (nSPS) is 10.3. The molecule has 0 unspecified atom stereocenters. The standard InChI is InChI=1S/C13H20N2O/c1-2-3-4-5-6-9-12(16)11-8-7-10-15-13(11)14/h7-8,10H,2-6,9H2,1H3,(H2,14,15). The molecule has 3 heteroatoms. The molecule has 0 aromatic carbocycles. The molecule has 2 N–H and O–H groups in total. The van der Waals surface area contributed by atoms with Crippen LogP contribution < -0.4 is 5.73 Å². The maximum Gasteiger partial charge on any atom is 0.166 e. The number of nitrogens with two attached hydrogens (primary N) is 1. The van der Waals surface area contributed by atoms with Crippen LogP contribution in [-0.4, -0.2) is 10.8 Å². The van der Waals surface area contributed by atoms with Gasteiger partial charge in [0.2, 0.25) is 0 Å². The van der Waals surface area contributed by atoms with Gasteiger partial charge in [0.15, 0.2) is 5.78 Å². The molecule has 0 bridgehead atoms. The molecular formula is C13H20N2O. The Morgan fingerprint density at radius 2 is 2.06 bits per heavy atom. The molecule has 88 valence electrons. The zero-order chi connectivity index (χ0) is 11.8. The molecule has 0 fully saturated rings. The summed E-state index contributed by atoms with van der Waals surface area (Å²) in [7, 11) is 0. The predicted octanol–water partition coefficient (Wildman–Crippen LogP) is 3.21. The van der Waals surface area contributed by atoms with Crippen LogP contribution in [0.15, 0.2) is 18.3 Å². The minimum Gasteiger partial charge on any atom is -0.383 e. The van der Waals surface area contributed by atoms with E-state index in [1.807, 2.05) is 0 Å². The van der Waals surface area contributed by atoms with Crippen molar-refractivity contribution in [1.29, 1.82) is 0 Å². The minimum absolute atomic E-state index is 0.113. The Bertz CT molecular complexity index is 336. The van der Waals surface area contributed by atoms with Crippen LogP contribution in [0.3, 0.4) is 0 Å². The number of hydrogen-bond acceptors (Lipinski definition) is 3. The van der Waals surface area contributed by atoms with E-state index < -0.39 is 0 Å². The molecule has 0 saturated carbocycles. The smallest absolute Gasteiger partial charge is 0.166 e. The van der Waals surface area contributed by atoms with E-state index in [2.05, 4.69) is 11.9 Å². The van der Waals surface area contributed by atoms with Gasteiger partial charge in [-0.2, -0.15) is 0 Å². The molecule has 16 heavy (non-hydrogen) atoms. The van der Waals surface area contributed by atoms with Crippen LogP contribution in [0.5, 0.6) is 0 Å². The van der Waals surface area contributed by atoms with E-state index in [1.165, 1.54) is 19.3 Å². The van der Waals surface area contributed by atoms with Gasteiger partial charge in [0.05, 0.1) is 5.56 Å². The Labute approximate surface area is 97.1 Å². The third kappa shape index (κ3) is 4.01. The Kier molecular flexibility index (Phi) is 5.54. The van der Waals surface area contributed by atoms with E-state index in [0.717, 1.165) is 12.8 Å². The number of Topliss-reactive ketones (excluding diaryl/α,β-unsaturated/α-hetero) is 1. The van der Waals surface area contributed by atoms with Gasteiger partial charge in [-0.15, -0.1) is 0 Å². The van der Waals surface area contributed by atoms with Crippen molar-refractivity contribution in [1.82, 2.24) is 4.98 Å². The highest BCUT2D eigenvalue weighted by molar-refractivity contribution is 5.99. The van der Waals surface area contributed by atoms with Crippen LogP contribution in [0.1, 0.15) is 55.8 Å². The third-order valence-corrected chi connectivity index (χ3v) is 2.65. The molecule has 0 atom stereocenters. The van der Waals surface area contributed by atoms with Crippen molar-refractivity contribution in [3.8, 4) is 0 Å². The highest BCUT2D eigenvalue weighted by Crippen LogP contribution is 2.13. The van der Waals surface area contributed by atoms with Gasteiger partial charge in [0.1, 0.15) is 5.82 Å². The summed E-state index contributed by atoms with van der Waals surface area (Å²) < 4.78 is 0. The topological polar surface area (TPSA) is 56.0 Å². The van der Waals surface area contributed by atoms with Crippen molar-refractivity contribution in [3.63, 3.8) is 0 Å². The lowest BCUT2D eigenvalue weighted by Crippen LogP contribution is -2.05. The number of nitrogen functional groups attached to an aromatic ring is 1. The van der Waals surface area contributed by atoms with Crippen LogP contribution in [0.2, 0.25) is 0 Å². The molecule has 0 radical (unpaired) electrons. The number of rotatable bonds is 7. The first-order chi connectivity index (χ1) is 7.75. The fourth-order valence-corrected chi connectivity index (χ4v) is 1.68. The fraction of sp³-hybridized carbons (Fsp3) is 0.538. The van der Waals surface area contributed by atoms with E-state index in [1.54, 1.807) is 18.3 Å². The SMILES string of the molecule is CCCCCCCC(=O)c1cccnc1N. The number of unbranched alkanes of at least 4 members (excludes halogenated alkanes) is 4. The molecular weight excluding hydrogens is 200 g/mol. The molecule has 0 saturated heterocycles. The number of hydrogen-bond donors (Lipinski definition) is 1. The average Bonchev–Trinajstić information content (AvgIpc) is 2.29. The van der Waals surface area contributed by atoms with E-state index in [-0.39, 0.29) is 5.78 Å². The van der Waals surface area contributed by atoms with Crippen LogP contribution >= 0.6 is 0 Å². The molecule has 1 aromatic heterocycles. The number of carbonyl (C=O) groups is 1. The number of ketones is 1. The molecule has 0 amide bonds. The quantitative estimate of drug-likeness (QED) is 0.567. The first-order valence-electron chi connectivity index (χ1n) is 5.99. The van der Waals surface area contributed by atoms with Crippen molar-refractivity contribution in [2.75, 3.05) is 5.73 Å². The van der Waals surface area contributed by atoms with E-state index >= 15 is 0 Å². The van der Waals surface area contributed by atoms with Crippen molar-refractivity contribution in [2.24, 2.45) is 0 Å². The summed E-state index contributed by atoms with van der Waals surface area (Å²) in [4.78, 5) is 15.7. The van der Waals surface area contributed by atoms with Crippen LogP contribution in [-0.2, 0) is 0 Å². The zero-order valence-electron chi connectivity index (χ0n) is 9.91. The van der Waals surface area contributed by atoms with E-state index in [4.69, 9.17) is 5.73 Å². The lowest BCUT2D eigenvalue weighted by atomic mass is 10.0. The maximum atomic E-state index is 11.8.